The van der Waals surface area contributed by atoms with Gasteiger partial charge < -0.3 is 4.74 Å². The molecule has 1 atom stereocenters. The SMILES string of the molecule is COC1(N2C(=O)C3(CCN(Cc4ncccc4C)CC3)c3ccccc32)C=CC(c2ccccc2)=CC1. The molecule has 0 N–H and O–H groups in total. The smallest absolute Gasteiger partial charge is 0.240 e. The molecule has 1 unspecified atom stereocenters. The van der Waals surface area contributed by atoms with Gasteiger partial charge in [-0.05, 0) is 73.3 Å². The van der Waals surface area contributed by atoms with Crippen LogP contribution >= 0.6 is 0 Å². The minimum absolute atomic E-state index is 0.158. The van der Waals surface area contributed by atoms with Crippen LogP contribution in [0.3, 0.4) is 0 Å². The van der Waals surface area contributed by atoms with E-state index in [-0.39, 0.29) is 5.91 Å². The van der Waals surface area contributed by atoms with Gasteiger partial charge in [0, 0.05) is 26.3 Å². The number of fused-ring (bicyclic) bond motifs is 2. The van der Waals surface area contributed by atoms with Crippen molar-refractivity contribution in [2.24, 2.45) is 0 Å². The lowest BCUT2D eigenvalue weighted by atomic mass is 9.73. The molecule has 5 heteroatoms. The van der Waals surface area contributed by atoms with E-state index in [1.54, 1.807) is 7.11 Å². The average molecular weight is 492 g/mol. The van der Waals surface area contributed by atoms with E-state index in [2.05, 4.69) is 71.4 Å². The summed E-state index contributed by atoms with van der Waals surface area (Å²) < 4.78 is 6.18. The quantitative estimate of drug-likeness (QED) is 0.462. The summed E-state index contributed by atoms with van der Waals surface area (Å²) >= 11 is 0. The Hall–Kier alpha value is -3.54. The topological polar surface area (TPSA) is 45.7 Å². The second kappa shape index (κ2) is 9.40. The normalized spacial score (nSPS) is 22.8. The van der Waals surface area contributed by atoms with Gasteiger partial charge in [0.2, 0.25) is 5.91 Å². The van der Waals surface area contributed by atoms with Gasteiger partial charge in [-0.15, -0.1) is 0 Å². The molecule has 0 bridgehead atoms. The van der Waals surface area contributed by atoms with Crippen LogP contribution in [0.25, 0.3) is 5.57 Å². The zero-order valence-electron chi connectivity index (χ0n) is 21.6. The molecule has 3 aromatic rings. The molecule has 2 aromatic carbocycles. The van der Waals surface area contributed by atoms with E-state index in [0.717, 1.165) is 55.0 Å². The number of benzene rings is 2. The molecule has 188 valence electrons. The van der Waals surface area contributed by atoms with Crippen LogP contribution in [0.5, 0.6) is 0 Å². The lowest BCUT2D eigenvalue weighted by Crippen LogP contribution is -2.56. The van der Waals surface area contributed by atoms with Crippen LogP contribution in [-0.4, -0.2) is 41.7 Å². The number of carbonyl (C=O) groups is 1. The van der Waals surface area contributed by atoms with Crippen molar-refractivity contribution in [1.82, 2.24) is 9.88 Å². The third kappa shape index (κ3) is 3.94. The molecular formula is C32H33N3O2. The number of para-hydroxylation sites is 1. The number of anilines is 1. The monoisotopic (exact) mass is 491 g/mol. The predicted molar refractivity (Wildman–Crippen MR) is 147 cm³/mol. The third-order valence-electron chi connectivity index (χ3n) is 8.45. The first-order valence-corrected chi connectivity index (χ1v) is 13.1. The number of pyridine rings is 1. The van der Waals surface area contributed by atoms with Crippen LogP contribution in [0, 0.1) is 6.92 Å². The summed E-state index contributed by atoms with van der Waals surface area (Å²) in [5.74, 6) is 0.158. The highest BCUT2D eigenvalue weighted by atomic mass is 16.5. The number of carbonyl (C=O) groups excluding carboxylic acids is 1. The van der Waals surface area contributed by atoms with E-state index >= 15 is 0 Å². The molecule has 1 spiro atoms. The third-order valence-corrected chi connectivity index (χ3v) is 8.45. The predicted octanol–water partition coefficient (Wildman–Crippen LogP) is 5.66. The van der Waals surface area contributed by atoms with Gasteiger partial charge in [-0.1, -0.05) is 66.7 Å². The first kappa shape index (κ1) is 23.8. The molecule has 1 amide bonds. The van der Waals surface area contributed by atoms with Crippen LogP contribution in [0.15, 0.2) is 91.2 Å². The summed E-state index contributed by atoms with van der Waals surface area (Å²) in [4.78, 5) is 23.4. The van der Waals surface area contributed by atoms with Gasteiger partial charge in [0.25, 0.3) is 0 Å². The summed E-state index contributed by atoms with van der Waals surface area (Å²) in [6, 6.07) is 22.8. The van der Waals surface area contributed by atoms with Gasteiger partial charge in [-0.2, -0.15) is 0 Å². The number of methoxy groups -OCH3 is 1. The fourth-order valence-electron chi connectivity index (χ4n) is 6.22. The maximum Gasteiger partial charge on any atom is 0.240 e. The van der Waals surface area contributed by atoms with Gasteiger partial charge in [-0.3, -0.25) is 19.6 Å². The Labute approximate surface area is 219 Å². The zero-order chi connectivity index (χ0) is 25.5. The van der Waals surface area contributed by atoms with Crippen LogP contribution in [0.1, 0.15) is 41.6 Å². The first-order chi connectivity index (χ1) is 18.1. The lowest BCUT2D eigenvalue weighted by Gasteiger charge is -2.42. The first-order valence-electron chi connectivity index (χ1n) is 13.1. The highest BCUT2D eigenvalue weighted by Gasteiger charge is 2.57. The highest BCUT2D eigenvalue weighted by molar-refractivity contribution is 6.09. The van der Waals surface area contributed by atoms with Gasteiger partial charge >= 0.3 is 0 Å². The standard InChI is InChI=1S/C32H33N3O2/c1-24-9-8-20-33-28(24)23-34-21-18-31(19-22-34)27-12-6-7-13-29(27)35(30(31)36)32(37-2)16-14-26(15-17-32)25-10-4-3-5-11-25/h3-16,20H,17-19,21-23H2,1-2H3. The Balaban J connectivity index is 1.28. The van der Waals surface area contributed by atoms with Crippen molar-refractivity contribution in [3.8, 4) is 0 Å². The van der Waals surface area contributed by atoms with E-state index in [1.807, 2.05) is 41.4 Å². The maximum absolute atomic E-state index is 14.4. The summed E-state index contributed by atoms with van der Waals surface area (Å²) in [6.45, 7) is 4.65. The van der Waals surface area contributed by atoms with Crippen molar-refractivity contribution in [3.05, 3.63) is 114 Å². The molecular weight excluding hydrogens is 458 g/mol. The Bertz CT molecular complexity index is 1370. The van der Waals surface area contributed by atoms with E-state index < -0.39 is 11.1 Å². The van der Waals surface area contributed by atoms with Crippen LogP contribution in [0.4, 0.5) is 5.69 Å². The van der Waals surface area contributed by atoms with E-state index in [4.69, 9.17) is 4.74 Å². The van der Waals surface area contributed by atoms with Crippen molar-refractivity contribution in [2.75, 3.05) is 25.1 Å². The van der Waals surface area contributed by atoms with E-state index in [0.29, 0.717) is 6.42 Å². The molecule has 1 saturated heterocycles. The van der Waals surface area contributed by atoms with Crippen LogP contribution in [0.2, 0.25) is 0 Å². The van der Waals surface area contributed by atoms with Crippen molar-refractivity contribution in [2.45, 2.75) is 43.9 Å². The van der Waals surface area contributed by atoms with Gasteiger partial charge in [0.15, 0.2) is 5.72 Å². The van der Waals surface area contributed by atoms with Crippen LogP contribution < -0.4 is 4.90 Å². The number of likely N-dealkylation sites (tertiary alicyclic amines) is 1. The molecule has 1 aromatic heterocycles. The van der Waals surface area contributed by atoms with Crippen molar-refractivity contribution < 1.29 is 9.53 Å². The molecule has 0 radical (unpaired) electrons. The summed E-state index contributed by atoms with van der Waals surface area (Å²) in [6.07, 6.45) is 10.4. The number of ether oxygens (including phenoxy) is 1. The number of aromatic nitrogens is 1. The van der Waals surface area contributed by atoms with Crippen molar-refractivity contribution in [3.63, 3.8) is 0 Å². The molecule has 3 heterocycles. The molecule has 2 aliphatic heterocycles. The number of hydrogen-bond acceptors (Lipinski definition) is 4. The number of amides is 1. The second-order valence-corrected chi connectivity index (χ2v) is 10.4. The second-order valence-electron chi connectivity index (χ2n) is 10.4. The number of hydrogen-bond donors (Lipinski definition) is 0. The molecule has 37 heavy (non-hydrogen) atoms. The number of rotatable bonds is 5. The number of nitrogens with zero attached hydrogens (tertiary/aromatic N) is 3. The summed E-state index contributed by atoms with van der Waals surface area (Å²) in [5, 5.41) is 0. The fraction of sp³-hybridized carbons (Fsp3) is 0.312. The summed E-state index contributed by atoms with van der Waals surface area (Å²) in [5.41, 5.74) is 5.41. The largest absolute Gasteiger partial charge is 0.354 e. The molecule has 6 rings (SSSR count). The minimum Gasteiger partial charge on any atom is -0.354 e. The Morgan fingerprint density at radius 1 is 0.973 bits per heavy atom. The maximum atomic E-state index is 14.4. The van der Waals surface area contributed by atoms with Crippen molar-refractivity contribution >= 4 is 17.2 Å². The average Bonchev–Trinajstić information content (AvgIpc) is 3.19. The van der Waals surface area contributed by atoms with Gasteiger partial charge in [0.05, 0.1) is 16.8 Å². The number of piperidine rings is 1. The van der Waals surface area contributed by atoms with Crippen molar-refractivity contribution in [1.29, 1.82) is 0 Å². The van der Waals surface area contributed by atoms with Gasteiger partial charge in [0.1, 0.15) is 0 Å². The Kier molecular flexibility index (Phi) is 6.06. The minimum atomic E-state index is -0.836. The Morgan fingerprint density at radius 2 is 1.73 bits per heavy atom. The lowest BCUT2D eigenvalue weighted by molar-refractivity contribution is -0.129. The van der Waals surface area contributed by atoms with E-state index in [9.17, 15) is 4.79 Å². The zero-order valence-corrected chi connectivity index (χ0v) is 21.6. The summed E-state index contributed by atoms with van der Waals surface area (Å²) in [7, 11) is 1.71. The van der Waals surface area contributed by atoms with Crippen LogP contribution in [-0.2, 0) is 21.5 Å². The molecule has 0 saturated carbocycles. The molecule has 5 nitrogen and oxygen atoms in total. The van der Waals surface area contributed by atoms with Gasteiger partial charge in [-0.25, -0.2) is 0 Å². The number of allylic oxidation sites excluding steroid dienone is 2. The fourth-order valence-corrected chi connectivity index (χ4v) is 6.22. The molecule has 3 aliphatic rings. The van der Waals surface area contributed by atoms with E-state index in [1.165, 1.54) is 11.1 Å². The number of aryl methyl sites for hydroxylation is 1. The highest BCUT2D eigenvalue weighted by Crippen LogP contribution is 2.52. The molecule has 1 aliphatic carbocycles. The Morgan fingerprint density at radius 3 is 2.43 bits per heavy atom. The molecule has 1 fully saturated rings.